The standard InChI is InChI=1S/C24H40/c1-7-11-12-21-16-22(21)15-20(9-3)18(5)14-19(6)23-17-24(23,10-4)13-8-2/h12,18-23H,1,8-10,13-17H2,2-6H3. The number of hydrogen-bond acceptors (Lipinski definition) is 0. The van der Waals surface area contributed by atoms with Crippen molar-refractivity contribution in [2.45, 2.75) is 86.0 Å². The molecule has 2 aliphatic carbocycles. The molecule has 7 atom stereocenters. The molecule has 0 N–H and O–H groups in total. The lowest BCUT2D eigenvalue weighted by Gasteiger charge is -2.27. The van der Waals surface area contributed by atoms with E-state index in [-0.39, 0.29) is 0 Å². The second-order valence-corrected chi connectivity index (χ2v) is 9.02. The topological polar surface area (TPSA) is 0 Å². The van der Waals surface area contributed by atoms with Gasteiger partial charge in [0.25, 0.3) is 0 Å². The predicted octanol–water partition coefficient (Wildman–Crippen LogP) is 7.41. The summed E-state index contributed by atoms with van der Waals surface area (Å²) in [7, 11) is 0. The van der Waals surface area contributed by atoms with Crippen LogP contribution in [0.4, 0.5) is 0 Å². The van der Waals surface area contributed by atoms with Gasteiger partial charge in [0, 0.05) is 0 Å². The molecule has 0 aromatic rings. The van der Waals surface area contributed by atoms with E-state index in [4.69, 9.17) is 0 Å². The van der Waals surface area contributed by atoms with Crippen molar-refractivity contribution in [2.75, 3.05) is 0 Å². The molecule has 7 unspecified atom stereocenters. The fourth-order valence-electron chi connectivity index (χ4n) is 5.60. The highest BCUT2D eigenvalue weighted by molar-refractivity contribution is 5.04. The van der Waals surface area contributed by atoms with Crippen molar-refractivity contribution in [3.05, 3.63) is 24.1 Å². The molecular weight excluding hydrogens is 288 g/mol. The molecule has 24 heavy (non-hydrogen) atoms. The molecule has 0 saturated heterocycles. The highest BCUT2D eigenvalue weighted by Crippen LogP contribution is 2.62. The summed E-state index contributed by atoms with van der Waals surface area (Å²) in [6.07, 6.45) is 13.5. The average molecular weight is 329 g/mol. The molecule has 0 nitrogen and oxygen atoms in total. The fraction of sp³-hybridized carbons (Fsp3) is 0.833. The quantitative estimate of drug-likeness (QED) is 0.346. The maximum Gasteiger partial charge on any atom is -0.0119 e. The molecule has 0 aromatic carbocycles. The second-order valence-electron chi connectivity index (χ2n) is 9.02. The van der Waals surface area contributed by atoms with Crippen molar-refractivity contribution in [3.8, 4) is 0 Å². The summed E-state index contributed by atoms with van der Waals surface area (Å²) in [5.41, 5.74) is 6.54. The van der Waals surface area contributed by atoms with Crippen LogP contribution in [0.2, 0.25) is 0 Å². The molecule has 136 valence electrons. The van der Waals surface area contributed by atoms with Crippen LogP contribution in [-0.4, -0.2) is 0 Å². The summed E-state index contributed by atoms with van der Waals surface area (Å²) in [5.74, 6) is 5.38. The Kier molecular flexibility index (Phi) is 7.03. The second kappa shape index (κ2) is 8.60. The molecule has 0 radical (unpaired) electrons. The molecular formula is C24H40. The minimum absolute atomic E-state index is 0.721. The van der Waals surface area contributed by atoms with Gasteiger partial charge >= 0.3 is 0 Å². The summed E-state index contributed by atoms with van der Waals surface area (Å²) in [6.45, 7) is 15.8. The third kappa shape index (κ3) is 4.68. The Morgan fingerprint density at radius 3 is 2.58 bits per heavy atom. The highest BCUT2D eigenvalue weighted by atomic mass is 14.6. The monoisotopic (exact) mass is 328 g/mol. The van der Waals surface area contributed by atoms with Gasteiger partial charge in [-0.05, 0) is 85.7 Å². The first-order valence-corrected chi connectivity index (χ1v) is 10.6. The van der Waals surface area contributed by atoms with Crippen LogP contribution < -0.4 is 0 Å². The Morgan fingerprint density at radius 1 is 1.25 bits per heavy atom. The van der Waals surface area contributed by atoms with Crippen LogP contribution in [0.1, 0.15) is 86.0 Å². The van der Waals surface area contributed by atoms with Crippen molar-refractivity contribution in [1.82, 2.24) is 0 Å². The largest absolute Gasteiger partial charge is 0.0785 e. The van der Waals surface area contributed by atoms with Crippen LogP contribution in [0, 0.1) is 40.9 Å². The maximum absolute atomic E-state index is 3.61. The van der Waals surface area contributed by atoms with Crippen molar-refractivity contribution >= 4 is 0 Å². The van der Waals surface area contributed by atoms with Crippen molar-refractivity contribution < 1.29 is 0 Å². The SMILES string of the molecule is C=C=C=CC1CC1CC(CC)C(C)CC(C)C1CC1(CC)CCC. The normalized spacial score (nSPS) is 34.6. The van der Waals surface area contributed by atoms with Crippen molar-refractivity contribution in [3.63, 3.8) is 0 Å². The summed E-state index contributed by atoms with van der Waals surface area (Å²) >= 11 is 0. The molecule has 2 fully saturated rings. The molecule has 0 spiro atoms. The Hall–Kier alpha value is -0.700. The summed E-state index contributed by atoms with van der Waals surface area (Å²) in [4.78, 5) is 0. The van der Waals surface area contributed by atoms with E-state index >= 15 is 0 Å². The summed E-state index contributed by atoms with van der Waals surface area (Å²) < 4.78 is 0. The average Bonchev–Trinajstić information content (AvgIpc) is 3.46. The van der Waals surface area contributed by atoms with Crippen LogP contribution in [0.25, 0.3) is 0 Å². The first-order chi connectivity index (χ1) is 11.5. The minimum Gasteiger partial charge on any atom is -0.0785 e. The van der Waals surface area contributed by atoms with Crippen LogP contribution in [0.3, 0.4) is 0 Å². The van der Waals surface area contributed by atoms with Gasteiger partial charge in [0.1, 0.15) is 0 Å². The van der Waals surface area contributed by atoms with E-state index in [1.54, 1.807) is 0 Å². The summed E-state index contributed by atoms with van der Waals surface area (Å²) in [6, 6.07) is 0. The zero-order valence-electron chi connectivity index (χ0n) is 16.9. The Balaban J connectivity index is 1.81. The zero-order chi connectivity index (χ0) is 17.7. The predicted molar refractivity (Wildman–Crippen MR) is 106 cm³/mol. The lowest BCUT2D eigenvalue weighted by Crippen LogP contribution is -2.18. The molecule has 0 aromatic heterocycles. The number of allylic oxidation sites excluding steroid dienone is 1. The Labute approximate surface area is 151 Å². The van der Waals surface area contributed by atoms with E-state index in [1.165, 1.54) is 51.4 Å². The minimum atomic E-state index is 0.721. The molecule has 2 rings (SSSR count). The van der Waals surface area contributed by atoms with Crippen LogP contribution >= 0.6 is 0 Å². The maximum atomic E-state index is 3.61. The first kappa shape index (κ1) is 19.6. The van der Waals surface area contributed by atoms with Gasteiger partial charge in [0.05, 0.1) is 0 Å². The molecule has 0 heteroatoms. The number of hydrogen-bond donors (Lipinski definition) is 0. The zero-order valence-corrected chi connectivity index (χ0v) is 16.9. The molecule has 2 aliphatic rings. The van der Waals surface area contributed by atoms with Gasteiger partial charge in [-0.1, -0.05) is 65.3 Å². The fourth-order valence-corrected chi connectivity index (χ4v) is 5.60. The van der Waals surface area contributed by atoms with Crippen molar-refractivity contribution in [2.24, 2.45) is 40.9 Å². The Morgan fingerprint density at radius 2 is 2.00 bits per heavy atom. The van der Waals surface area contributed by atoms with E-state index in [2.05, 4.69) is 58.7 Å². The van der Waals surface area contributed by atoms with E-state index in [9.17, 15) is 0 Å². The van der Waals surface area contributed by atoms with Crippen molar-refractivity contribution in [1.29, 1.82) is 0 Å². The molecule has 0 aliphatic heterocycles. The lowest BCUT2D eigenvalue weighted by molar-refractivity contribution is 0.232. The van der Waals surface area contributed by atoms with Gasteiger partial charge in [-0.3, -0.25) is 0 Å². The van der Waals surface area contributed by atoms with Gasteiger partial charge < -0.3 is 0 Å². The van der Waals surface area contributed by atoms with Gasteiger partial charge in [-0.15, -0.1) is 0 Å². The molecule has 0 heterocycles. The Bertz CT molecular complexity index is 476. The van der Waals surface area contributed by atoms with E-state index < -0.39 is 0 Å². The number of rotatable bonds is 11. The van der Waals surface area contributed by atoms with Gasteiger partial charge in [0.2, 0.25) is 0 Å². The van der Waals surface area contributed by atoms with Gasteiger partial charge in [-0.2, -0.15) is 0 Å². The first-order valence-electron chi connectivity index (χ1n) is 10.6. The molecule has 2 saturated carbocycles. The van der Waals surface area contributed by atoms with Gasteiger partial charge in [-0.25, -0.2) is 0 Å². The van der Waals surface area contributed by atoms with Crippen LogP contribution in [0.5, 0.6) is 0 Å². The van der Waals surface area contributed by atoms with Crippen LogP contribution in [-0.2, 0) is 0 Å². The third-order valence-electron chi connectivity index (χ3n) is 7.45. The van der Waals surface area contributed by atoms with E-state index in [0.717, 1.165) is 40.9 Å². The summed E-state index contributed by atoms with van der Waals surface area (Å²) in [5, 5.41) is 0. The highest BCUT2D eigenvalue weighted by Gasteiger charge is 2.53. The van der Waals surface area contributed by atoms with E-state index in [0.29, 0.717) is 0 Å². The van der Waals surface area contributed by atoms with Gasteiger partial charge in [0.15, 0.2) is 0 Å². The molecule has 0 bridgehead atoms. The lowest BCUT2D eigenvalue weighted by atomic mass is 9.78. The third-order valence-corrected chi connectivity index (χ3v) is 7.45. The smallest absolute Gasteiger partial charge is 0.0119 e. The van der Waals surface area contributed by atoms with Crippen LogP contribution in [0.15, 0.2) is 24.1 Å². The molecule has 0 amide bonds. The van der Waals surface area contributed by atoms with E-state index in [1.807, 2.05) is 0 Å².